The molecular weight excluding hydrogens is 190 g/mol. The smallest absolute Gasteiger partial charge is 0.233 e. The van der Waals surface area contributed by atoms with Crippen LogP contribution in [0.4, 0.5) is 0 Å². The lowest BCUT2D eigenvalue weighted by atomic mass is 10.1. The number of pyridine rings is 1. The van der Waals surface area contributed by atoms with Crippen molar-refractivity contribution < 1.29 is 4.63 Å². The summed E-state index contributed by atoms with van der Waals surface area (Å²) in [7, 11) is 1.81. The van der Waals surface area contributed by atoms with Gasteiger partial charge in [0.2, 0.25) is 5.82 Å². The van der Waals surface area contributed by atoms with Crippen LogP contribution in [-0.2, 0) is 7.05 Å². The average molecular weight is 199 g/mol. The van der Waals surface area contributed by atoms with Crippen LogP contribution in [-0.4, -0.2) is 14.9 Å². The summed E-state index contributed by atoms with van der Waals surface area (Å²) in [6.07, 6.45) is 1.78. The van der Waals surface area contributed by atoms with E-state index in [1.807, 2.05) is 31.3 Å². The third kappa shape index (κ3) is 1.15. The van der Waals surface area contributed by atoms with Gasteiger partial charge in [0.05, 0.1) is 0 Å². The molecule has 0 N–H and O–H groups in total. The van der Waals surface area contributed by atoms with Crippen LogP contribution in [0, 0.1) is 0 Å². The van der Waals surface area contributed by atoms with E-state index in [9.17, 15) is 0 Å². The molecule has 0 saturated carbocycles. The van der Waals surface area contributed by atoms with Gasteiger partial charge < -0.3 is 0 Å². The molecule has 0 atom stereocenters. The van der Waals surface area contributed by atoms with Crippen LogP contribution in [0.3, 0.4) is 0 Å². The highest BCUT2D eigenvalue weighted by atomic mass is 16.6. The zero-order valence-corrected chi connectivity index (χ0v) is 8.21. The molecular formula is C11H9N3O. The highest BCUT2D eigenvalue weighted by Crippen LogP contribution is 2.24. The zero-order valence-electron chi connectivity index (χ0n) is 8.21. The molecule has 3 rings (SSSR count). The Labute approximate surface area is 86.1 Å². The molecule has 3 aromatic rings. The van der Waals surface area contributed by atoms with Crippen LogP contribution in [0.2, 0.25) is 0 Å². The van der Waals surface area contributed by atoms with Crippen LogP contribution in [0.5, 0.6) is 0 Å². The van der Waals surface area contributed by atoms with E-state index < -0.39 is 0 Å². The Morgan fingerprint density at radius 2 is 2.07 bits per heavy atom. The van der Waals surface area contributed by atoms with Crippen molar-refractivity contribution in [2.24, 2.45) is 7.05 Å². The maximum Gasteiger partial charge on any atom is 0.233 e. The van der Waals surface area contributed by atoms with Crippen molar-refractivity contribution in [3.8, 4) is 11.5 Å². The first-order valence-corrected chi connectivity index (χ1v) is 4.69. The maximum atomic E-state index is 4.83. The van der Waals surface area contributed by atoms with E-state index in [1.54, 1.807) is 10.9 Å². The van der Waals surface area contributed by atoms with Crippen molar-refractivity contribution >= 4 is 10.8 Å². The van der Waals surface area contributed by atoms with Crippen molar-refractivity contribution in [1.29, 1.82) is 0 Å². The molecule has 0 saturated heterocycles. The Hall–Kier alpha value is -2.10. The summed E-state index contributed by atoms with van der Waals surface area (Å²) in [5, 5.41) is 6.10. The highest BCUT2D eigenvalue weighted by Gasteiger charge is 2.13. The molecule has 0 unspecified atom stereocenters. The zero-order chi connectivity index (χ0) is 10.3. The van der Waals surface area contributed by atoms with Crippen molar-refractivity contribution in [2.75, 3.05) is 0 Å². The van der Waals surface area contributed by atoms with Crippen molar-refractivity contribution in [3.63, 3.8) is 0 Å². The van der Waals surface area contributed by atoms with Gasteiger partial charge in [0.15, 0.2) is 0 Å². The second kappa shape index (κ2) is 2.95. The Morgan fingerprint density at radius 3 is 2.80 bits per heavy atom. The Kier molecular flexibility index (Phi) is 1.62. The van der Waals surface area contributed by atoms with Gasteiger partial charge >= 0.3 is 0 Å². The van der Waals surface area contributed by atoms with E-state index in [0.717, 1.165) is 22.3 Å². The fourth-order valence-electron chi connectivity index (χ4n) is 1.65. The minimum Gasteiger partial charge on any atom is -0.264 e. The molecule has 0 aliphatic rings. The SMILES string of the molecule is Cn1onc1-c1nccc2ccccc12. The molecule has 0 aliphatic heterocycles. The lowest BCUT2D eigenvalue weighted by Gasteiger charge is -2.08. The van der Waals surface area contributed by atoms with Gasteiger partial charge in [0.25, 0.3) is 0 Å². The second-order valence-electron chi connectivity index (χ2n) is 3.37. The molecule has 0 fully saturated rings. The normalized spacial score (nSPS) is 11.0. The summed E-state index contributed by atoms with van der Waals surface area (Å²) in [5.41, 5.74) is 0.863. The first kappa shape index (κ1) is 8.23. The predicted octanol–water partition coefficient (Wildman–Crippen LogP) is 2.23. The molecule has 0 radical (unpaired) electrons. The Balaban J connectivity index is 2.34. The molecule has 0 bridgehead atoms. The standard InChI is InChI=1S/C11H9N3O/c1-14-11(13-15-14)10-9-5-3-2-4-8(9)6-7-12-10/h2-7H,1H3. The number of aryl methyl sites for hydroxylation is 1. The maximum absolute atomic E-state index is 4.83. The van der Waals surface area contributed by atoms with Gasteiger partial charge in [-0.3, -0.25) is 9.61 Å². The highest BCUT2D eigenvalue weighted by molar-refractivity contribution is 5.92. The summed E-state index contributed by atoms with van der Waals surface area (Å²) in [5.74, 6) is 0.770. The molecule has 0 amide bonds. The number of hydrogen-bond acceptors (Lipinski definition) is 3. The Bertz CT molecular complexity index is 604. The van der Waals surface area contributed by atoms with Gasteiger partial charge in [-0.2, -0.15) is 4.74 Å². The van der Waals surface area contributed by atoms with E-state index in [-0.39, 0.29) is 0 Å². The average Bonchev–Trinajstić information content (AvgIpc) is 2.28. The monoisotopic (exact) mass is 199 g/mol. The molecule has 0 aliphatic carbocycles. The van der Waals surface area contributed by atoms with Gasteiger partial charge in [0.1, 0.15) is 5.69 Å². The summed E-state index contributed by atoms with van der Waals surface area (Å²) in [6, 6.07) is 10.1. The lowest BCUT2D eigenvalue weighted by molar-refractivity contribution is 0.145. The molecule has 15 heavy (non-hydrogen) atoms. The fraction of sp³-hybridized carbons (Fsp3) is 0.0909. The molecule has 4 nitrogen and oxygen atoms in total. The number of fused-ring (bicyclic) bond motifs is 1. The van der Waals surface area contributed by atoms with Crippen LogP contribution in [0.15, 0.2) is 41.2 Å². The minimum atomic E-state index is 0.770. The quantitative estimate of drug-likeness (QED) is 0.603. The first-order valence-electron chi connectivity index (χ1n) is 4.69. The van der Waals surface area contributed by atoms with Crippen LogP contribution in [0.1, 0.15) is 0 Å². The van der Waals surface area contributed by atoms with E-state index >= 15 is 0 Å². The number of benzene rings is 1. The third-order valence-corrected chi connectivity index (χ3v) is 2.43. The number of hydrogen-bond donors (Lipinski definition) is 0. The number of rotatable bonds is 1. The van der Waals surface area contributed by atoms with Gasteiger partial charge in [-0.25, -0.2) is 0 Å². The van der Waals surface area contributed by atoms with Crippen LogP contribution in [0.25, 0.3) is 22.3 Å². The van der Waals surface area contributed by atoms with Gasteiger partial charge in [0, 0.05) is 18.6 Å². The largest absolute Gasteiger partial charge is 0.264 e. The van der Waals surface area contributed by atoms with Crippen molar-refractivity contribution in [1.82, 2.24) is 14.9 Å². The van der Waals surface area contributed by atoms with Gasteiger partial charge in [-0.1, -0.05) is 24.3 Å². The predicted molar refractivity (Wildman–Crippen MR) is 56.2 cm³/mol. The summed E-state index contributed by atoms with van der Waals surface area (Å²) < 4.78 is 6.43. The molecule has 4 heteroatoms. The minimum absolute atomic E-state index is 0.770. The molecule has 1 aromatic carbocycles. The summed E-state index contributed by atoms with van der Waals surface area (Å²) in [6.45, 7) is 0. The topological polar surface area (TPSA) is 43.9 Å². The summed E-state index contributed by atoms with van der Waals surface area (Å²) in [4.78, 5) is 4.33. The van der Waals surface area contributed by atoms with E-state index in [0.29, 0.717) is 0 Å². The molecule has 2 aromatic heterocycles. The van der Waals surface area contributed by atoms with Crippen molar-refractivity contribution in [2.45, 2.75) is 0 Å². The van der Waals surface area contributed by atoms with Gasteiger partial charge in [-0.05, 0) is 16.6 Å². The first-order chi connectivity index (χ1) is 7.36. The van der Waals surface area contributed by atoms with E-state index in [2.05, 4.69) is 16.2 Å². The van der Waals surface area contributed by atoms with Crippen LogP contribution < -0.4 is 0 Å². The van der Waals surface area contributed by atoms with Crippen molar-refractivity contribution in [3.05, 3.63) is 36.5 Å². The second-order valence-corrected chi connectivity index (χ2v) is 3.37. The van der Waals surface area contributed by atoms with E-state index in [4.69, 9.17) is 4.63 Å². The molecule has 74 valence electrons. The number of aromatic nitrogens is 3. The van der Waals surface area contributed by atoms with Crippen LogP contribution >= 0.6 is 0 Å². The Morgan fingerprint density at radius 1 is 1.20 bits per heavy atom. The number of nitrogens with zero attached hydrogens (tertiary/aromatic N) is 3. The fourth-order valence-corrected chi connectivity index (χ4v) is 1.65. The lowest BCUT2D eigenvalue weighted by Crippen LogP contribution is -2.06. The van der Waals surface area contributed by atoms with E-state index in [1.165, 1.54) is 0 Å². The molecule has 0 spiro atoms. The summed E-state index contributed by atoms with van der Waals surface area (Å²) >= 11 is 0. The third-order valence-electron chi connectivity index (χ3n) is 2.43. The molecule has 2 heterocycles. The van der Waals surface area contributed by atoms with Gasteiger partial charge in [-0.15, -0.1) is 0 Å².